The average Bonchev–Trinajstić information content (AvgIpc) is 2.10. The molecule has 0 heterocycles. The molecule has 0 amide bonds. The Hall–Kier alpha value is -0.420. The molecular weight excluding hydrogens is 232 g/mol. The lowest BCUT2D eigenvalue weighted by Crippen LogP contribution is -2.28. The standard InChI is InChI=1S/C10H16O3S2/c1-10(2,3)13-9(12)7(11)6-8(14-4)15-5/h6H,1-5H3. The van der Waals surface area contributed by atoms with Gasteiger partial charge in [0.2, 0.25) is 0 Å². The minimum atomic E-state index is -0.803. The molecule has 0 bridgehead atoms. The molecule has 0 saturated heterocycles. The molecule has 0 aliphatic heterocycles. The first-order chi connectivity index (χ1) is 6.80. The molecule has 86 valence electrons. The van der Waals surface area contributed by atoms with Crippen LogP contribution < -0.4 is 0 Å². The van der Waals surface area contributed by atoms with Crippen LogP contribution in [0.3, 0.4) is 0 Å². The van der Waals surface area contributed by atoms with Crippen molar-refractivity contribution in [2.75, 3.05) is 12.5 Å². The second-order valence-electron chi connectivity index (χ2n) is 3.74. The molecule has 3 nitrogen and oxygen atoms in total. The van der Waals surface area contributed by atoms with Crippen LogP contribution in [0.4, 0.5) is 0 Å². The second-order valence-corrected chi connectivity index (χ2v) is 5.69. The molecule has 0 unspecified atom stereocenters. The van der Waals surface area contributed by atoms with Crippen LogP contribution >= 0.6 is 23.5 Å². The predicted octanol–water partition coefficient (Wildman–Crippen LogP) is 2.46. The largest absolute Gasteiger partial charge is 0.454 e. The van der Waals surface area contributed by atoms with E-state index in [4.69, 9.17) is 4.74 Å². The number of ether oxygens (including phenoxy) is 1. The summed E-state index contributed by atoms with van der Waals surface area (Å²) in [7, 11) is 0. The predicted molar refractivity (Wildman–Crippen MR) is 66.0 cm³/mol. The van der Waals surface area contributed by atoms with Crippen molar-refractivity contribution < 1.29 is 14.3 Å². The zero-order chi connectivity index (χ0) is 12.1. The first-order valence-corrected chi connectivity index (χ1v) is 6.82. The minimum Gasteiger partial charge on any atom is -0.454 e. The van der Waals surface area contributed by atoms with Crippen molar-refractivity contribution in [3.05, 3.63) is 10.3 Å². The maximum Gasteiger partial charge on any atom is 0.379 e. The lowest BCUT2D eigenvalue weighted by Gasteiger charge is -2.18. The van der Waals surface area contributed by atoms with Crippen molar-refractivity contribution in [1.82, 2.24) is 0 Å². The zero-order valence-electron chi connectivity index (χ0n) is 9.62. The van der Waals surface area contributed by atoms with Gasteiger partial charge < -0.3 is 4.74 Å². The lowest BCUT2D eigenvalue weighted by molar-refractivity contribution is -0.160. The Labute approximate surface area is 99.0 Å². The van der Waals surface area contributed by atoms with Crippen molar-refractivity contribution in [2.45, 2.75) is 26.4 Å². The summed E-state index contributed by atoms with van der Waals surface area (Å²) in [5.41, 5.74) is -0.626. The highest BCUT2D eigenvalue weighted by molar-refractivity contribution is 8.21. The number of rotatable bonds is 4. The van der Waals surface area contributed by atoms with Gasteiger partial charge in [-0.15, -0.1) is 23.5 Å². The Morgan fingerprint density at radius 2 is 1.60 bits per heavy atom. The van der Waals surface area contributed by atoms with Gasteiger partial charge in [-0.05, 0) is 33.3 Å². The molecule has 0 radical (unpaired) electrons. The normalized spacial score (nSPS) is 10.7. The number of hydrogen-bond acceptors (Lipinski definition) is 5. The monoisotopic (exact) mass is 248 g/mol. The van der Waals surface area contributed by atoms with Gasteiger partial charge in [0.05, 0.1) is 0 Å². The van der Waals surface area contributed by atoms with Crippen LogP contribution in [0.1, 0.15) is 20.8 Å². The summed E-state index contributed by atoms with van der Waals surface area (Å²) in [6.07, 6.45) is 5.01. The molecule has 0 rings (SSSR count). The Morgan fingerprint density at radius 3 is 1.93 bits per heavy atom. The van der Waals surface area contributed by atoms with E-state index in [-0.39, 0.29) is 0 Å². The van der Waals surface area contributed by atoms with E-state index in [0.717, 1.165) is 4.24 Å². The van der Waals surface area contributed by atoms with Crippen molar-refractivity contribution in [1.29, 1.82) is 0 Å². The third-order valence-corrected chi connectivity index (χ3v) is 3.29. The number of carbonyl (C=O) groups is 2. The quantitative estimate of drug-likeness (QED) is 0.434. The van der Waals surface area contributed by atoms with Crippen LogP contribution in [0, 0.1) is 0 Å². The van der Waals surface area contributed by atoms with Gasteiger partial charge >= 0.3 is 5.97 Å². The maximum absolute atomic E-state index is 11.4. The molecular formula is C10H16O3S2. The fraction of sp³-hybridized carbons (Fsp3) is 0.600. The highest BCUT2D eigenvalue weighted by atomic mass is 32.2. The molecule has 0 spiro atoms. The van der Waals surface area contributed by atoms with Crippen LogP contribution in [0.15, 0.2) is 10.3 Å². The highest BCUT2D eigenvalue weighted by Gasteiger charge is 2.21. The summed E-state index contributed by atoms with van der Waals surface area (Å²) in [6.45, 7) is 5.18. The SMILES string of the molecule is CSC(=CC(=O)C(=O)OC(C)(C)C)SC. The van der Waals surface area contributed by atoms with Crippen molar-refractivity contribution in [2.24, 2.45) is 0 Å². The third-order valence-electron chi connectivity index (χ3n) is 1.25. The van der Waals surface area contributed by atoms with Crippen LogP contribution in [0.2, 0.25) is 0 Å². The van der Waals surface area contributed by atoms with Crippen LogP contribution in [0.25, 0.3) is 0 Å². The Bertz CT molecular complexity index is 271. The minimum absolute atomic E-state index is 0.608. The molecule has 0 aromatic rings. The number of hydrogen-bond donors (Lipinski definition) is 0. The number of carbonyl (C=O) groups excluding carboxylic acids is 2. The van der Waals surface area contributed by atoms with Crippen LogP contribution in [-0.4, -0.2) is 29.9 Å². The van der Waals surface area contributed by atoms with Gasteiger partial charge in [0, 0.05) is 10.3 Å². The van der Waals surface area contributed by atoms with Crippen molar-refractivity contribution in [3.63, 3.8) is 0 Å². The molecule has 15 heavy (non-hydrogen) atoms. The van der Waals surface area contributed by atoms with Gasteiger partial charge in [0.1, 0.15) is 5.60 Å². The molecule has 0 aromatic heterocycles. The van der Waals surface area contributed by atoms with E-state index in [0.29, 0.717) is 0 Å². The van der Waals surface area contributed by atoms with E-state index in [1.54, 1.807) is 20.8 Å². The fourth-order valence-electron chi connectivity index (χ4n) is 0.696. The second kappa shape index (κ2) is 6.23. The van der Waals surface area contributed by atoms with Gasteiger partial charge in [-0.25, -0.2) is 4.79 Å². The van der Waals surface area contributed by atoms with Crippen molar-refractivity contribution in [3.8, 4) is 0 Å². The molecule has 0 saturated carbocycles. The average molecular weight is 248 g/mol. The molecule has 0 N–H and O–H groups in total. The topological polar surface area (TPSA) is 43.4 Å². The molecule has 0 atom stereocenters. The first-order valence-electron chi connectivity index (χ1n) is 4.37. The van der Waals surface area contributed by atoms with Crippen LogP contribution in [-0.2, 0) is 14.3 Å². The van der Waals surface area contributed by atoms with E-state index >= 15 is 0 Å². The summed E-state index contributed by atoms with van der Waals surface area (Å²) in [5, 5.41) is 0. The van der Waals surface area contributed by atoms with Gasteiger partial charge in [-0.1, -0.05) is 0 Å². The molecule has 0 aromatic carbocycles. The third kappa shape index (κ3) is 6.62. The van der Waals surface area contributed by atoms with Gasteiger partial charge in [0.25, 0.3) is 5.78 Å². The zero-order valence-corrected chi connectivity index (χ0v) is 11.3. The van der Waals surface area contributed by atoms with E-state index < -0.39 is 17.4 Å². The molecule has 0 aliphatic carbocycles. The van der Waals surface area contributed by atoms with E-state index in [1.165, 1.54) is 29.6 Å². The Kier molecular flexibility index (Phi) is 6.05. The maximum atomic E-state index is 11.4. The fourth-order valence-corrected chi connectivity index (χ4v) is 1.81. The molecule has 5 heteroatoms. The molecule has 0 fully saturated rings. The van der Waals surface area contributed by atoms with Gasteiger partial charge in [0.15, 0.2) is 0 Å². The van der Waals surface area contributed by atoms with Gasteiger partial charge in [-0.3, -0.25) is 4.79 Å². The Morgan fingerprint density at radius 1 is 1.13 bits per heavy atom. The van der Waals surface area contributed by atoms with E-state index in [9.17, 15) is 9.59 Å². The summed E-state index contributed by atoms with van der Waals surface area (Å²) in [6, 6.07) is 0. The van der Waals surface area contributed by atoms with Gasteiger partial charge in [-0.2, -0.15) is 0 Å². The summed E-state index contributed by atoms with van der Waals surface area (Å²) >= 11 is 2.86. The summed E-state index contributed by atoms with van der Waals surface area (Å²) in [4.78, 5) is 22.7. The number of thioether (sulfide) groups is 2. The lowest BCUT2D eigenvalue weighted by atomic mass is 10.2. The smallest absolute Gasteiger partial charge is 0.379 e. The van der Waals surface area contributed by atoms with E-state index in [2.05, 4.69) is 0 Å². The van der Waals surface area contributed by atoms with Crippen LogP contribution in [0.5, 0.6) is 0 Å². The number of esters is 1. The summed E-state index contributed by atoms with van der Waals surface area (Å²) in [5.74, 6) is -1.41. The van der Waals surface area contributed by atoms with Crippen molar-refractivity contribution >= 4 is 35.3 Å². The van der Waals surface area contributed by atoms with E-state index in [1.807, 2.05) is 12.5 Å². The summed E-state index contributed by atoms with van der Waals surface area (Å²) < 4.78 is 5.73. The molecule has 0 aliphatic rings. The Balaban J connectivity index is 4.47. The number of ketones is 1. The first kappa shape index (κ1) is 14.6. The highest BCUT2D eigenvalue weighted by Crippen LogP contribution is 2.23.